The summed E-state index contributed by atoms with van der Waals surface area (Å²) < 4.78 is 0. The number of likely N-dealkylation sites (N-methyl/N-ethyl adjacent to an activating group) is 1. The van der Waals surface area contributed by atoms with E-state index >= 15 is 0 Å². The summed E-state index contributed by atoms with van der Waals surface area (Å²) in [7, 11) is 1.67. The fraction of sp³-hybridized carbons (Fsp3) is 0.909. The molecule has 0 rings (SSSR count). The lowest BCUT2D eigenvalue weighted by atomic mass is 10.1. The van der Waals surface area contributed by atoms with Crippen LogP contribution in [-0.4, -0.2) is 41.1 Å². The van der Waals surface area contributed by atoms with Gasteiger partial charge in [-0.2, -0.15) is 0 Å². The lowest BCUT2D eigenvalue weighted by Gasteiger charge is -2.27. The average molecular weight is 216 g/mol. The van der Waals surface area contributed by atoms with Crippen molar-refractivity contribution in [1.29, 1.82) is 0 Å². The van der Waals surface area contributed by atoms with Crippen LogP contribution in [0.5, 0.6) is 0 Å². The molecule has 0 saturated heterocycles. The second-order valence-electron chi connectivity index (χ2n) is 4.76. The molecule has 0 saturated carbocycles. The Bertz CT molecular complexity index is 199. The van der Waals surface area contributed by atoms with Crippen LogP contribution in [-0.2, 0) is 4.79 Å². The van der Waals surface area contributed by atoms with E-state index in [9.17, 15) is 9.90 Å². The summed E-state index contributed by atoms with van der Waals surface area (Å²) in [5.74, 6) is -0.0921. The van der Waals surface area contributed by atoms with E-state index in [0.717, 1.165) is 12.8 Å². The highest BCUT2D eigenvalue weighted by atomic mass is 16.3. The first kappa shape index (κ1) is 14.4. The minimum absolute atomic E-state index is 0.0921. The van der Waals surface area contributed by atoms with Gasteiger partial charge in [0.1, 0.15) is 0 Å². The van der Waals surface area contributed by atoms with Crippen LogP contribution in [0.1, 0.15) is 40.0 Å². The summed E-state index contributed by atoms with van der Waals surface area (Å²) in [5, 5.41) is 9.56. The zero-order valence-electron chi connectivity index (χ0n) is 10.3. The van der Waals surface area contributed by atoms with Crippen molar-refractivity contribution in [3.63, 3.8) is 0 Å². The van der Waals surface area contributed by atoms with E-state index in [4.69, 9.17) is 5.73 Å². The number of rotatable bonds is 6. The van der Waals surface area contributed by atoms with Gasteiger partial charge in [0, 0.05) is 13.6 Å². The van der Waals surface area contributed by atoms with Crippen LogP contribution in [0, 0.1) is 0 Å². The summed E-state index contributed by atoms with van der Waals surface area (Å²) in [4.78, 5) is 13.2. The fourth-order valence-electron chi connectivity index (χ4n) is 1.49. The normalized spacial score (nSPS) is 13.7. The van der Waals surface area contributed by atoms with Crippen molar-refractivity contribution in [2.24, 2.45) is 5.73 Å². The number of carbonyl (C=O) groups is 1. The zero-order valence-corrected chi connectivity index (χ0v) is 10.3. The molecular formula is C11H24N2O2. The maximum atomic E-state index is 11.7. The molecule has 1 atom stereocenters. The Morgan fingerprint density at radius 3 is 2.47 bits per heavy atom. The van der Waals surface area contributed by atoms with Crippen LogP contribution in [0.4, 0.5) is 0 Å². The lowest BCUT2D eigenvalue weighted by Crippen LogP contribution is -2.47. The lowest BCUT2D eigenvalue weighted by molar-refractivity contribution is -0.134. The number of nitrogens with zero attached hydrogens (tertiary/aromatic N) is 1. The van der Waals surface area contributed by atoms with Crippen LogP contribution in [0.3, 0.4) is 0 Å². The highest BCUT2D eigenvalue weighted by molar-refractivity contribution is 5.81. The molecule has 4 nitrogen and oxygen atoms in total. The molecule has 90 valence electrons. The molecule has 4 heteroatoms. The zero-order chi connectivity index (χ0) is 12.1. The number of carbonyl (C=O) groups excluding carboxylic acids is 1. The molecule has 1 amide bonds. The van der Waals surface area contributed by atoms with Gasteiger partial charge in [-0.15, -0.1) is 0 Å². The third-order valence-electron chi connectivity index (χ3n) is 2.19. The predicted molar refractivity (Wildman–Crippen MR) is 61.4 cm³/mol. The molecule has 15 heavy (non-hydrogen) atoms. The number of unbranched alkanes of at least 4 members (excludes halogenated alkanes) is 1. The first-order valence-electron chi connectivity index (χ1n) is 5.51. The first-order valence-corrected chi connectivity index (χ1v) is 5.51. The molecule has 0 radical (unpaired) electrons. The molecule has 0 bridgehead atoms. The van der Waals surface area contributed by atoms with E-state index in [-0.39, 0.29) is 5.91 Å². The van der Waals surface area contributed by atoms with Gasteiger partial charge in [-0.25, -0.2) is 0 Å². The summed E-state index contributed by atoms with van der Waals surface area (Å²) in [6.07, 6.45) is 2.71. The van der Waals surface area contributed by atoms with Crippen LogP contribution >= 0.6 is 0 Å². The van der Waals surface area contributed by atoms with Gasteiger partial charge in [0.05, 0.1) is 11.6 Å². The molecule has 0 spiro atoms. The molecule has 0 aromatic rings. The number of aliphatic hydroxyl groups is 1. The van der Waals surface area contributed by atoms with Gasteiger partial charge in [-0.05, 0) is 20.3 Å². The van der Waals surface area contributed by atoms with Gasteiger partial charge in [0.15, 0.2) is 0 Å². The fourth-order valence-corrected chi connectivity index (χ4v) is 1.49. The number of amides is 1. The van der Waals surface area contributed by atoms with Crippen LogP contribution in [0.25, 0.3) is 0 Å². The Morgan fingerprint density at radius 2 is 2.07 bits per heavy atom. The van der Waals surface area contributed by atoms with Crippen LogP contribution in [0.2, 0.25) is 0 Å². The Hall–Kier alpha value is -0.610. The van der Waals surface area contributed by atoms with Crippen LogP contribution < -0.4 is 5.73 Å². The largest absolute Gasteiger partial charge is 0.389 e. The van der Waals surface area contributed by atoms with Crippen molar-refractivity contribution in [2.75, 3.05) is 13.6 Å². The SMILES string of the molecule is CCCC[C@H](N)C(=O)N(C)CC(C)(C)O. The second-order valence-corrected chi connectivity index (χ2v) is 4.76. The van der Waals surface area contributed by atoms with Crippen LogP contribution in [0.15, 0.2) is 0 Å². The maximum absolute atomic E-state index is 11.7. The predicted octanol–water partition coefficient (Wildman–Crippen LogP) is 0.733. The van der Waals surface area contributed by atoms with Gasteiger partial charge in [0.2, 0.25) is 5.91 Å². The molecule has 0 fully saturated rings. The molecule has 0 unspecified atom stereocenters. The van der Waals surface area contributed by atoms with E-state index in [2.05, 4.69) is 6.92 Å². The van der Waals surface area contributed by atoms with Crippen molar-refractivity contribution < 1.29 is 9.90 Å². The molecule has 0 heterocycles. The molecule has 0 aliphatic rings. The van der Waals surface area contributed by atoms with Crippen molar-refractivity contribution in [1.82, 2.24) is 4.90 Å². The van der Waals surface area contributed by atoms with Gasteiger partial charge in [0.25, 0.3) is 0 Å². The summed E-state index contributed by atoms with van der Waals surface area (Å²) in [6, 6.07) is -0.433. The monoisotopic (exact) mass is 216 g/mol. The van der Waals surface area contributed by atoms with Gasteiger partial charge in [-0.3, -0.25) is 4.79 Å². The van der Waals surface area contributed by atoms with E-state index in [1.807, 2.05) is 0 Å². The van der Waals surface area contributed by atoms with E-state index < -0.39 is 11.6 Å². The van der Waals surface area contributed by atoms with Crippen molar-refractivity contribution in [3.8, 4) is 0 Å². The summed E-state index contributed by atoms with van der Waals surface area (Å²) >= 11 is 0. The highest BCUT2D eigenvalue weighted by Gasteiger charge is 2.22. The molecule has 0 aliphatic carbocycles. The third-order valence-corrected chi connectivity index (χ3v) is 2.19. The quantitative estimate of drug-likeness (QED) is 0.688. The summed E-state index contributed by atoms with van der Waals surface area (Å²) in [5.41, 5.74) is 4.88. The Balaban J connectivity index is 4.08. The number of hydrogen-bond donors (Lipinski definition) is 2. The Kier molecular flexibility index (Phi) is 5.83. The molecular weight excluding hydrogens is 192 g/mol. The van der Waals surface area contributed by atoms with Gasteiger partial charge < -0.3 is 15.7 Å². The average Bonchev–Trinajstić information content (AvgIpc) is 2.10. The topological polar surface area (TPSA) is 66.6 Å². The van der Waals surface area contributed by atoms with Crippen molar-refractivity contribution in [2.45, 2.75) is 51.7 Å². The van der Waals surface area contributed by atoms with Gasteiger partial charge >= 0.3 is 0 Å². The third kappa shape index (κ3) is 6.47. The molecule has 0 aliphatic heterocycles. The summed E-state index contributed by atoms with van der Waals surface area (Å²) in [6.45, 7) is 5.73. The Morgan fingerprint density at radius 1 is 1.53 bits per heavy atom. The minimum atomic E-state index is -0.866. The smallest absolute Gasteiger partial charge is 0.239 e. The molecule has 0 aromatic heterocycles. The number of nitrogens with two attached hydrogens (primary N) is 1. The molecule has 0 aromatic carbocycles. The van der Waals surface area contributed by atoms with E-state index in [1.54, 1.807) is 20.9 Å². The van der Waals surface area contributed by atoms with E-state index in [1.165, 1.54) is 4.90 Å². The standard InChI is InChI=1S/C11H24N2O2/c1-5-6-7-9(12)10(14)13(4)8-11(2,3)15/h9,15H,5-8,12H2,1-4H3/t9-/m0/s1. The highest BCUT2D eigenvalue weighted by Crippen LogP contribution is 2.06. The van der Waals surface area contributed by atoms with E-state index in [0.29, 0.717) is 13.0 Å². The first-order chi connectivity index (χ1) is 6.78. The molecule has 3 N–H and O–H groups in total. The number of hydrogen-bond acceptors (Lipinski definition) is 3. The minimum Gasteiger partial charge on any atom is -0.389 e. The maximum Gasteiger partial charge on any atom is 0.239 e. The van der Waals surface area contributed by atoms with Crippen molar-refractivity contribution in [3.05, 3.63) is 0 Å². The Labute approximate surface area is 92.4 Å². The van der Waals surface area contributed by atoms with Crippen molar-refractivity contribution >= 4 is 5.91 Å². The van der Waals surface area contributed by atoms with Gasteiger partial charge in [-0.1, -0.05) is 19.8 Å². The second kappa shape index (κ2) is 6.08.